The van der Waals surface area contributed by atoms with E-state index in [4.69, 9.17) is 0 Å². The topological polar surface area (TPSA) is 56.0 Å². The molecule has 0 bridgehead atoms. The SMILES string of the molecule is C[C@@H]1CCCN1C(=O)c1cc2c(c3ccccc3n2C)n1-c1ncccn1. The van der Waals surface area contributed by atoms with Crippen LogP contribution in [0.4, 0.5) is 0 Å². The zero-order chi connectivity index (χ0) is 18.5. The van der Waals surface area contributed by atoms with E-state index in [1.807, 2.05) is 34.7 Å². The first-order chi connectivity index (χ1) is 13.2. The fourth-order valence-corrected chi connectivity index (χ4v) is 4.26. The Bertz CT molecular complexity index is 1160. The first-order valence-electron chi connectivity index (χ1n) is 9.34. The average molecular weight is 359 g/mol. The number of benzene rings is 1. The van der Waals surface area contributed by atoms with Crippen LogP contribution in [-0.4, -0.2) is 42.5 Å². The van der Waals surface area contributed by atoms with Gasteiger partial charge < -0.3 is 9.47 Å². The summed E-state index contributed by atoms with van der Waals surface area (Å²) in [6.07, 6.45) is 5.53. The highest BCUT2D eigenvalue weighted by atomic mass is 16.2. The number of para-hydroxylation sites is 1. The average Bonchev–Trinajstić information content (AvgIpc) is 3.37. The number of rotatable bonds is 2. The highest BCUT2D eigenvalue weighted by Gasteiger charge is 2.30. The lowest BCUT2D eigenvalue weighted by atomic mass is 10.2. The molecule has 1 saturated heterocycles. The zero-order valence-corrected chi connectivity index (χ0v) is 15.5. The van der Waals surface area contributed by atoms with Gasteiger partial charge in [0, 0.05) is 37.4 Å². The van der Waals surface area contributed by atoms with E-state index >= 15 is 0 Å². The number of likely N-dealkylation sites (tertiary alicyclic amines) is 1. The highest BCUT2D eigenvalue weighted by molar-refractivity contribution is 6.10. The van der Waals surface area contributed by atoms with Crippen molar-refractivity contribution in [1.82, 2.24) is 24.0 Å². The van der Waals surface area contributed by atoms with Crippen LogP contribution in [0.25, 0.3) is 27.9 Å². The molecular weight excluding hydrogens is 338 g/mol. The maximum atomic E-state index is 13.4. The van der Waals surface area contributed by atoms with Crippen molar-refractivity contribution in [2.24, 2.45) is 7.05 Å². The molecule has 3 aromatic heterocycles. The second-order valence-corrected chi connectivity index (χ2v) is 7.21. The van der Waals surface area contributed by atoms with E-state index in [-0.39, 0.29) is 11.9 Å². The third-order valence-corrected chi connectivity index (χ3v) is 5.65. The lowest BCUT2D eigenvalue weighted by Crippen LogP contribution is -2.34. The minimum atomic E-state index is 0.0488. The molecule has 0 unspecified atom stereocenters. The van der Waals surface area contributed by atoms with E-state index in [0.29, 0.717) is 11.6 Å². The summed E-state index contributed by atoms with van der Waals surface area (Å²) in [5, 5.41) is 1.09. The first kappa shape index (κ1) is 16.1. The van der Waals surface area contributed by atoms with Crippen molar-refractivity contribution in [2.45, 2.75) is 25.8 Å². The van der Waals surface area contributed by atoms with Crippen molar-refractivity contribution in [3.63, 3.8) is 0 Å². The van der Waals surface area contributed by atoms with E-state index < -0.39 is 0 Å². The maximum Gasteiger partial charge on any atom is 0.271 e. The molecule has 6 heteroatoms. The smallest absolute Gasteiger partial charge is 0.271 e. The molecule has 0 N–H and O–H groups in total. The van der Waals surface area contributed by atoms with Gasteiger partial charge in [0.15, 0.2) is 0 Å². The molecule has 1 aliphatic heterocycles. The summed E-state index contributed by atoms with van der Waals surface area (Å²) < 4.78 is 4.05. The number of carbonyl (C=O) groups excluding carboxylic acids is 1. The van der Waals surface area contributed by atoms with Crippen molar-refractivity contribution in [2.75, 3.05) is 6.54 Å². The van der Waals surface area contributed by atoms with E-state index in [9.17, 15) is 4.79 Å². The number of aryl methyl sites for hydroxylation is 1. The summed E-state index contributed by atoms with van der Waals surface area (Å²) in [6.45, 7) is 2.92. The largest absolute Gasteiger partial charge is 0.342 e. The summed E-state index contributed by atoms with van der Waals surface area (Å²) in [4.78, 5) is 24.3. The van der Waals surface area contributed by atoms with Crippen LogP contribution in [0.2, 0.25) is 0 Å². The number of nitrogens with zero attached hydrogens (tertiary/aromatic N) is 5. The number of aromatic nitrogens is 4. The van der Waals surface area contributed by atoms with Crippen molar-refractivity contribution in [3.8, 4) is 5.95 Å². The van der Waals surface area contributed by atoms with Gasteiger partial charge in [0.2, 0.25) is 5.95 Å². The molecule has 0 saturated carbocycles. The van der Waals surface area contributed by atoms with E-state index in [1.165, 1.54) is 0 Å². The third kappa shape index (κ3) is 2.29. The molecule has 1 aromatic carbocycles. The van der Waals surface area contributed by atoms with Gasteiger partial charge in [0.05, 0.1) is 16.6 Å². The Hall–Kier alpha value is -3.15. The van der Waals surface area contributed by atoms with Gasteiger partial charge >= 0.3 is 0 Å². The Balaban J connectivity index is 1.83. The highest BCUT2D eigenvalue weighted by Crippen LogP contribution is 2.33. The minimum absolute atomic E-state index is 0.0488. The lowest BCUT2D eigenvalue weighted by molar-refractivity contribution is 0.0739. The Kier molecular flexibility index (Phi) is 3.53. The van der Waals surface area contributed by atoms with E-state index in [0.717, 1.165) is 41.3 Å². The van der Waals surface area contributed by atoms with Crippen LogP contribution < -0.4 is 0 Å². The standard InChI is InChI=1S/C21H21N5O/c1-14-7-5-12-25(14)20(27)18-13-17-19(26(18)21-22-10-6-11-23-21)15-8-3-4-9-16(15)24(17)2/h3-4,6,8-11,13-14H,5,7,12H2,1-2H3/t14-/m1/s1. The van der Waals surface area contributed by atoms with Gasteiger partial charge in [-0.15, -0.1) is 0 Å². The van der Waals surface area contributed by atoms with Gasteiger partial charge in [-0.3, -0.25) is 9.36 Å². The van der Waals surface area contributed by atoms with E-state index in [1.54, 1.807) is 18.5 Å². The van der Waals surface area contributed by atoms with E-state index in [2.05, 4.69) is 33.6 Å². The Labute approximate surface area is 157 Å². The predicted molar refractivity (Wildman–Crippen MR) is 105 cm³/mol. The molecule has 4 heterocycles. The molecular formula is C21H21N5O. The number of hydrogen-bond donors (Lipinski definition) is 0. The quantitative estimate of drug-likeness (QED) is 0.550. The van der Waals surface area contributed by atoms with Crippen LogP contribution in [0.1, 0.15) is 30.3 Å². The van der Waals surface area contributed by atoms with Crippen molar-refractivity contribution < 1.29 is 4.79 Å². The Morgan fingerprint density at radius 2 is 1.89 bits per heavy atom. The predicted octanol–water partition coefficient (Wildman–Crippen LogP) is 3.54. The normalized spacial score (nSPS) is 17.3. The summed E-state index contributed by atoms with van der Waals surface area (Å²) in [5.74, 6) is 0.576. The van der Waals surface area contributed by atoms with Crippen LogP contribution in [0, 0.1) is 0 Å². The van der Waals surface area contributed by atoms with Crippen LogP contribution in [0.3, 0.4) is 0 Å². The van der Waals surface area contributed by atoms with Crippen molar-refractivity contribution in [3.05, 3.63) is 54.5 Å². The number of hydrogen-bond acceptors (Lipinski definition) is 3. The van der Waals surface area contributed by atoms with Crippen LogP contribution in [0.15, 0.2) is 48.8 Å². The first-order valence-corrected chi connectivity index (χ1v) is 9.34. The van der Waals surface area contributed by atoms with Gasteiger partial charge in [0.25, 0.3) is 5.91 Å². The molecule has 0 aliphatic carbocycles. The van der Waals surface area contributed by atoms with Gasteiger partial charge in [-0.2, -0.15) is 0 Å². The lowest BCUT2D eigenvalue weighted by Gasteiger charge is -2.22. The van der Waals surface area contributed by atoms with Crippen LogP contribution >= 0.6 is 0 Å². The molecule has 1 amide bonds. The maximum absolute atomic E-state index is 13.4. The monoisotopic (exact) mass is 359 g/mol. The number of amides is 1. The molecule has 0 spiro atoms. The minimum Gasteiger partial charge on any atom is -0.342 e. The van der Waals surface area contributed by atoms with Crippen molar-refractivity contribution in [1.29, 1.82) is 0 Å². The third-order valence-electron chi connectivity index (χ3n) is 5.65. The second kappa shape index (κ2) is 5.94. The fourth-order valence-electron chi connectivity index (χ4n) is 4.26. The van der Waals surface area contributed by atoms with Crippen molar-refractivity contribution >= 4 is 27.8 Å². The summed E-state index contributed by atoms with van der Waals surface area (Å²) in [6, 6.07) is 12.3. The number of fused-ring (bicyclic) bond motifs is 3. The molecule has 5 rings (SSSR count). The molecule has 6 nitrogen and oxygen atoms in total. The summed E-state index contributed by atoms with van der Waals surface area (Å²) in [7, 11) is 2.04. The molecule has 1 fully saturated rings. The molecule has 4 aromatic rings. The molecule has 1 atom stereocenters. The fraction of sp³-hybridized carbons (Fsp3) is 0.286. The molecule has 1 aliphatic rings. The van der Waals surface area contributed by atoms with Gasteiger partial charge in [-0.25, -0.2) is 9.97 Å². The van der Waals surface area contributed by atoms with Gasteiger partial charge in [0.1, 0.15) is 5.69 Å². The van der Waals surface area contributed by atoms with Crippen LogP contribution in [0.5, 0.6) is 0 Å². The van der Waals surface area contributed by atoms with Gasteiger partial charge in [-0.1, -0.05) is 18.2 Å². The molecule has 0 radical (unpaired) electrons. The Morgan fingerprint density at radius 3 is 2.63 bits per heavy atom. The summed E-state index contributed by atoms with van der Waals surface area (Å²) >= 11 is 0. The number of carbonyl (C=O) groups is 1. The summed E-state index contributed by atoms with van der Waals surface area (Å²) in [5.41, 5.74) is 3.75. The molecule has 136 valence electrons. The zero-order valence-electron chi connectivity index (χ0n) is 15.5. The van der Waals surface area contributed by atoms with Crippen LogP contribution in [-0.2, 0) is 7.05 Å². The Morgan fingerprint density at radius 1 is 1.11 bits per heavy atom. The molecule has 27 heavy (non-hydrogen) atoms. The second-order valence-electron chi connectivity index (χ2n) is 7.21. The van der Waals surface area contributed by atoms with Gasteiger partial charge in [-0.05, 0) is 38.0 Å².